The van der Waals surface area contributed by atoms with E-state index in [4.69, 9.17) is 0 Å². The second-order valence-corrected chi connectivity index (χ2v) is 6.22. The Morgan fingerprint density at radius 3 is 2.15 bits per heavy atom. The quantitative estimate of drug-likeness (QED) is 0.702. The molecule has 0 saturated heterocycles. The molecular formula is C18H19NS. The summed E-state index contributed by atoms with van der Waals surface area (Å²) in [4.78, 5) is 1.23. The van der Waals surface area contributed by atoms with Crippen molar-refractivity contribution >= 4 is 11.8 Å². The first kappa shape index (κ1) is 14.7. The number of thioether (sulfide) groups is 1. The van der Waals surface area contributed by atoms with Crippen molar-refractivity contribution in [3.63, 3.8) is 0 Å². The van der Waals surface area contributed by atoms with E-state index in [0.29, 0.717) is 5.92 Å². The van der Waals surface area contributed by atoms with Crippen molar-refractivity contribution < 1.29 is 0 Å². The Bertz CT molecular complexity index is 567. The molecule has 1 atom stereocenters. The molecule has 2 aromatic rings. The molecule has 0 spiro atoms. The van der Waals surface area contributed by atoms with Gasteiger partial charge in [0.05, 0.1) is 12.0 Å². The normalized spacial score (nSPS) is 12.1. The maximum Gasteiger partial charge on any atom is 0.0806 e. The summed E-state index contributed by atoms with van der Waals surface area (Å²) in [5, 5.41) is 9.31. The fourth-order valence-corrected chi connectivity index (χ4v) is 2.98. The maximum absolute atomic E-state index is 9.31. The van der Waals surface area contributed by atoms with E-state index in [0.717, 1.165) is 11.3 Å². The first-order valence-corrected chi connectivity index (χ1v) is 7.86. The fraction of sp³-hybridized carbons (Fsp3) is 0.278. The van der Waals surface area contributed by atoms with Gasteiger partial charge in [0.2, 0.25) is 0 Å². The van der Waals surface area contributed by atoms with Gasteiger partial charge in [-0.05, 0) is 29.2 Å². The Kier molecular flexibility index (Phi) is 5.26. The Balaban J connectivity index is 1.99. The molecule has 0 amide bonds. The summed E-state index contributed by atoms with van der Waals surface area (Å²) >= 11 is 1.75. The predicted octanol–water partition coefficient (Wildman–Crippen LogP) is 5.21. The summed E-state index contributed by atoms with van der Waals surface area (Å²) in [6.45, 7) is 4.40. The molecule has 0 heterocycles. The second-order valence-electron chi connectivity index (χ2n) is 5.13. The highest BCUT2D eigenvalue weighted by atomic mass is 32.2. The molecule has 2 rings (SSSR count). The zero-order chi connectivity index (χ0) is 14.4. The van der Waals surface area contributed by atoms with Crippen LogP contribution in [0.15, 0.2) is 59.5 Å². The molecule has 0 fully saturated rings. The van der Waals surface area contributed by atoms with Crippen LogP contribution in [0, 0.1) is 11.3 Å². The van der Waals surface area contributed by atoms with Crippen LogP contribution in [0.2, 0.25) is 0 Å². The fourth-order valence-electron chi connectivity index (χ4n) is 2.02. The minimum Gasteiger partial charge on any atom is -0.198 e. The number of hydrogen-bond acceptors (Lipinski definition) is 2. The lowest BCUT2D eigenvalue weighted by Gasteiger charge is -2.10. The van der Waals surface area contributed by atoms with Crippen LogP contribution < -0.4 is 0 Å². The van der Waals surface area contributed by atoms with E-state index < -0.39 is 0 Å². The highest BCUT2D eigenvalue weighted by Gasteiger charge is 2.10. The van der Waals surface area contributed by atoms with E-state index in [9.17, 15) is 5.26 Å². The van der Waals surface area contributed by atoms with Crippen molar-refractivity contribution in [2.45, 2.75) is 30.6 Å². The number of nitriles is 1. The van der Waals surface area contributed by atoms with Gasteiger partial charge in [-0.15, -0.1) is 11.8 Å². The molecule has 0 N–H and O–H groups in total. The van der Waals surface area contributed by atoms with Crippen LogP contribution in [0.3, 0.4) is 0 Å². The van der Waals surface area contributed by atoms with Gasteiger partial charge in [-0.2, -0.15) is 5.26 Å². The maximum atomic E-state index is 9.31. The minimum absolute atomic E-state index is 0.0500. The molecule has 20 heavy (non-hydrogen) atoms. The average molecular weight is 281 g/mol. The third-order valence-electron chi connectivity index (χ3n) is 3.32. The predicted molar refractivity (Wildman–Crippen MR) is 86.1 cm³/mol. The van der Waals surface area contributed by atoms with Crippen molar-refractivity contribution in [1.82, 2.24) is 0 Å². The van der Waals surface area contributed by atoms with Crippen LogP contribution in [0.5, 0.6) is 0 Å². The molecule has 2 heteroatoms. The van der Waals surface area contributed by atoms with Crippen molar-refractivity contribution in [2.75, 3.05) is 5.75 Å². The molecular weight excluding hydrogens is 262 g/mol. The van der Waals surface area contributed by atoms with Gasteiger partial charge in [-0.25, -0.2) is 0 Å². The van der Waals surface area contributed by atoms with E-state index in [1.807, 2.05) is 30.3 Å². The van der Waals surface area contributed by atoms with E-state index in [1.54, 1.807) is 11.8 Å². The van der Waals surface area contributed by atoms with Crippen LogP contribution in [-0.4, -0.2) is 5.75 Å². The monoisotopic (exact) mass is 281 g/mol. The Morgan fingerprint density at radius 1 is 0.950 bits per heavy atom. The van der Waals surface area contributed by atoms with Crippen molar-refractivity contribution in [1.29, 1.82) is 5.26 Å². The van der Waals surface area contributed by atoms with Gasteiger partial charge in [-0.1, -0.05) is 56.3 Å². The summed E-state index contributed by atoms with van der Waals surface area (Å²) < 4.78 is 0. The van der Waals surface area contributed by atoms with Gasteiger partial charge >= 0.3 is 0 Å². The third-order valence-corrected chi connectivity index (χ3v) is 4.43. The zero-order valence-electron chi connectivity index (χ0n) is 11.9. The molecule has 1 unspecified atom stereocenters. The lowest BCUT2D eigenvalue weighted by molar-refractivity contribution is 0.865. The lowest BCUT2D eigenvalue weighted by atomic mass is 10.0. The molecule has 0 radical (unpaired) electrons. The Hall–Kier alpha value is -1.72. The number of nitrogens with zero attached hydrogens (tertiary/aromatic N) is 1. The van der Waals surface area contributed by atoms with Gasteiger partial charge in [-0.3, -0.25) is 0 Å². The van der Waals surface area contributed by atoms with Gasteiger partial charge < -0.3 is 0 Å². The topological polar surface area (TPSA) is 23.8 Å². The van der Waals surface area contributed by atoms with E-state index in [2.05, 4.69) is 44.2 Å². The summed E-state index contributed by atoms with van der Waals surface area (Å²) in [6, 6.07) is 21.1. The molecule has 102 valence electrons. The van der Waals surface area contributed by atoms with Crippen molar-refractivity contribution in [2.24, 2.45) is 0 Å². The molecule has 0 aromatic heterocycles. The van der Waals surface area contributed by atoms with Gasteiger partial charge in [0, 0.05) is 10.6 Å². The summed E-state index contributed by atoms with van der Waals surface area (Å²) in [6.07, 6.45) is 0. The highest BCUT2D eigenvalue weighted by molar-refractivity contribution is 7.99. The van der Waals surface area contributed by atoms with E-state index in [-0.39, 0.29) is 5.92 Å². The Morgan fingerprint density at radius 2 is 1.60 bits per heavy atom. The number of hydrogen-bond donors (Lipinski definition) is 0. The van der Waals surface area contributed by atoms with E-state index >= 15 is 0 Å². The molecule has 0 saturated carbocycles. The van der Waals surface area contributed by atoms with E-state index in [1.165, 1.54) is 10.5 Å². The van der Waals surface area contributed by atoms with Crippen LogP contribution in [-0.2, 0) is 0 Å². The van der Waals surface area contributed by atoms with Gasteiger partial charge in [0.15, 0.2) is 0 Å². The average Bonchev–Trinajstić information content (AvgIpc) is 2.49. The van der Waals surface area contributed by atoms with Gasteiger partial charge in [0.1, 0.15) is 0 Å². The van der Waals surface area contributed by atoms with Crippen LogP contribution in [0.4, 0.5) is 0 Å². The standard InChI is InChI=1S/C18H19NS/c1-14(2)15-8-10-18(11-9-15)20-13-17(12-19)16-6-4-3-5-7-16/h3-11,14,17H,13H2,1-2H3. The minimum atomic E-state index is -0.0500. The number of rotatable bonds is 5. The molecule has 0 bridgehead atoms. The Labute approximate surface area is 125 Å². The van der Waals surface area contributed by atoms with Crippen LogP contribution in [0.25, 0.3) is 0 Å². The van der Waals surface area contributed by atoms with Crippen LogP contribution in [0.1, 0.15) is 36.8 Å². The SMILES string of the molecule is CC(C)c1ccc(SCC(C#N)c2ccccc2)cc1. The molecule has 0 aliphatic heterocycles. The second kappa shape index (κ2) is 7.17. The van der Waals surface area contributed by atoms with Crippen molar-refractivity contribution in [3.8, 4) is 6.07 Å². The molecule has 0 aliphatic rings. The molecule has 0 aliphatic carbocycles. The van der Waals surface area contributed by atoms with Crippen molar-refractivity contribution in [3.05, 3.63) is 65.7 Å². The zero-order valence-corrected chi connectivity index (χ0v) is 12.7. The molecule has 1 nitrogen and oxygen atoms in total. The lowest BCUT2D eigenvalue weighted by Crippen LogP contribution is -1.98. The smallest absolute Gasteiger partial charge is 0.0806 e. The summed E-state index contributed by atoms with van der Waals surface area (Å²) in [5.74, 6) is 1.30. The molecule has 2 aromatic carbocycles. The first-order valence-electron chi connectivity index (χ1n) is 6.88. The summed E-state index contributed by atoms with van der Waals surface area (Å²) in [7, 11) is 0. The number of benzene rings is 2. The van der Waals surface area contributed by atoms with Crippen LogP contribution >= 0.6 is 11.8 Å². The highest BCUT2D eigenvalue weighted by Crippen LogP contribution is 2.27. The van der Waals surface area contributed by atoms with Gasteiger partial charge in [0.25, 0.3) is 0 Å². The first-order chi connectivity index (χ1) is 9.70. The third kappa shape index (κ3) is 3.88. The largest absolute Gasteiger partial charge is 0.198 e. The summed E-state index contributed by atoms with van der Waals surface area (Å²) in [5.41, 5.74) is 2.45.